The Balaban J connectivity index is 1.87. The van der Waals surface area contributed by atoms with Gasteiger partial charge in [0.15, 0.2) is 0 Å². The van der Waals surface area contributed by atoms with Crippen LogP contribution in [0.15, 0.2) is 76.2 Å². The number of carbonyl (C=O) groups is 1. The number of pyridine rings is 1. The van der Waals surface area contributed by atoms with Gasteiger partial charge in [-0.3, -0.25) is 9.78 Å². The van der Waals surface area contributed by atoms with E-state index in [0.29, 0.717) is 22.3 Å². The molecule has 0 saturated heterocycles. The van der Waals surface area contributed by atoms with Crippen molar-refractivity contribution in [2.45, 2.75) is 19.3 Å². The van der Waals surface area contributed by atoms with Crippen molar-refractivity contribution in [2.24, 2.45) is 0 Å². The van der Waals surface area contributed by atoms with Crippen molar-refractivity contribution in [1.29, 1.82) is 0 Å². The number of aryl methyl sites for hydroxylation is 1. The molecule has 5 heteroatoms. The van der Waals surface area contributed by atoms with Gasteiger partial charge < -0.3 is 9.15 Å². The summed E-state index contributed by atoms with van der Waals surface area (Å²) in [5.41, 5.74) is 4.29. The molecule has 0 radical (unpaired) electrons. The third kappa shape index (κ3) is 2.91. The van der Waals surface area contributed by atoms with E-state index in [1.165, 1.54) is 6.07 Å². The van der Waals surface area contributed by atoms with Gasteiger partial charge in [-0.05, 0) is 35.7 Å². The molecule has 0 N–H and O–H groups in total. The molecule has 0 spiro atoms. The van der Waals surface area contributed by atoms with E-state index in [0.717, 1.165) is 22.3 Å². The monoisotopic (exact) mass is 383 g/mol. The van der Waals surface area contributed by atoms with Crippen LogP contribution in [0.1, 0.15) is 29.0 Å². The number of nitrogens with zero attached hydrogens (tertiary/aromatic N) is 1. The molecule has 1 aliphatic rings. The lowest BCUT2D eigenvalue weighted by atomic mass is 9.83. The summed E-state index contributed by atoms with van der Waals surface area (Å²) in [5, 5.41) is 0.637. The molecule has 142 valence electrons. The van der Waals surface area contributed by atoms with Crippen molar-refractivity contribution in [2.75, 3.05) is 0 Å². The van der Waals surface area contributed by atoms with Gasteiger partial charge in [-0.2, -0.15) is 0 Å². The second-order valence-electron chi connectivity index (χ2n) is 7.17. The first-order valence-electron chi connectivity index (χ1n) is 9.39. The highest BCUT2D eigenvalue weighted by atomic mass is 16.5. The molecule has 2 aromatic heterocycles. The van der Waals surface area contributed by atoms with Crippen molar-refractivity contribution in [1.82, 2.24) is 4.98 Å². The van der Waals surface area contributed by atoms with Crippen LogP contribution < -0.4 is 10.4 Å². The summed E-state index contributed by atoms with van der Waals surface area (Å²) in [4.78, 5) is 29.0. The summed E-state index contributed by atoms with van der Waals surface area (Å²) in [7, 11) is 0. The predicted octanol–water partition coefficient (Wildman–Crippen LogP) is 4.60. The molecule has 5 rings (SSSR count). The van der Waals surface area contributed by atoms with Gasteiger partial charge in [0.25, 0.3) is 0 Å². The van der Waals surface area contributed by atoms with E-state index >= 15 is 0 Å². The van der Waals surface area contributed by atoms with Gasteiger partial charge in [-0.1, -0.05) is 36.4 Å². The third-order valence-corrected chi connectivity index (χ3v) is 5.34. The van der Waals surface area contributed by atoms with E-state index in [4.69, 9.17) is 9.15 Å². The van der Waals surface area contributed by atoms with Crippen LogP contribution in [-0.2, 0) is 4.79 Å². The molecule has 0 saturated carbocycles. The van der Waals surface area contributed by atoms with Gasteiger partial charge in [0.2, 0.25) is 0 Å². The number of ether oxygens (including phenoxy) is 1. The highest BCUT2D eigenvalue weighted by Gasteiger charge is 2.33. The lowest BCUT2D eigenvalue weighted by Gasteiger charge is -2.28. The zero-order chi connectivity index (χ0) is 20.0. The minimum Gasteiger partial charge on any atom is -0.425 e. The molecule has 5 nitrogen and oxygen atoms in total. The Morgan fingerprint density at radius 1 is 1.03 bits per heavy atom. The van der Waals surface area contributed by atoms with E-state index < -0.39 is 5.63 Å². The van der Waals surface area contributed by atoms with Crippen molar-refractivity contribution < 1.29 is 13.9 Å². The minimum absolute atomic E-state index is 0.167. The number of hydrogen-bond acceptors (Lipinski definition) is 5. The predicted molar refractivity (Wildman–Crippen MR) is 109 cm³/mol. The fraction of sp³-hybridized carbons (Fsp3) is 0.125. The van der Waals surface area contributed by atoms with Gasteiger partial charge in [-0.15, -0.1) is 0 Å². The molecule has 0 fully saturated rings. The largest absolute Gasteiger partial charge is 0.425 e. The Bertz CT molecular complexity index is 1290. The highest BCUT2D eigenvalue weighted by molar-refractivity contribution is 6.01. The van der Waals surface area contributed by atoms with E-state index in [1.807, 2.05) is 55.5 Å². The van der Waals surface area contributed by atoms with E-state index in [9.17, 15) is 9.59 Å². The molecule has 0 amide bonds. The van der Waals surface area contributed by atoms with Crippen molar-refractivity contribution in [3.63, 3.8) is 0 Å². The number of hydrogen-bond donors (Lipinski definition) is 0. The Morgan fingerprint density at radius 3 is 2.62 bits per heavy atom. The minimum atomic E-state index is -0.443. The summed E-state index contributed by atoms with van der Waals surface area (Å²) < 4.78 is 11.2. The molecule has 29 heavy (non-hydrogen) atoms. The topological polar surface area (TPSA) is 69.4 Å². The zero-order valence-corrected chi connectivity index (χ0v) is 15.7. The molecule has 2 aromatic carbocycles. The zero-order valence-electron chi connectivity index (χ0n) is 15.7. The van der Waals surface area contributed by atoms with E-state index in [-0.39, 0.29) is 18.3 Å². The average molecular weight is 383 g/mol. The lowest BCUT2D eigenvalue weighted by Crippen LogP contribution is -2.22. The van der Waals surface area contributed by atoms with Gasteiger partial charge in [-0.25, -0.2) is 4.79 Å². The van der Waals surface area contributed by atoms with Gasteiger partial charge in [0, 0.05) is 35.5 Å². The molecular weight excluding hydrogens is 366 g/mol. The standard InChI is InChI=1S/C24H17NO4/c1-14-10-19-23(17(11-20(26)28-19)15-6-3-2-4-7-15)24-22(14)18(12-21(27)29-24)16-8-5-9-25-13-16/h2-11,13,18H,12H2,1H3/t18-/m0/s1. The number of carbonyl (C=O) groups excluding carboxylic acids is 1. The highest BCUT2D eigenvalue weighted by Crippen LogP contribution is 2.46. The Kier molecular flexibility index (Phi) is 4.02. The average Bonchev–Trinajstić information content (AvgIpc) is 2.73. The van der Waals surface area contributed by atoms with E-state index in [2.05, 4.69) is 4.98 Å². The van der Waals surface area contributed by atoms with Gasteiger partial charge in [0.1, 0.15) is 11.3 Å². The first-order valence-corrected chi connectivity index (χ1v) is 9.39. The smallest absolute Gasteiger partial charge is 0.336 e. The van der Waals surface area contributed by atoms with Crippen LogP contribution in [0, 0.1) is 6.92 Å². The van der Waals surface area contributed by atoms with Crippen LogP contribution in [0.2, 0.25) is 0 Å². The second kappa shape index (κ2) is 6.71. The maximum absolute atomic E-state index is 12.5. The van der Waals surface area contributed by atoms with Crippen LogP contribution in [0.5, 0.6) is 5.75 Å². The first-order chi connectivity index (χ1) is 14.1. The second-order valence-corrected chi connectivity index (χ2v) is 7.17. The molecular formula is C24H17NO4. The Hall–Kier alpha value is -3.73. The SMILES string of the molecule is Cc1cc2oc(=O)cc(-c3ccccc3)c2c2c1[C@H](c1cccnc1)CC(=O)O2. The van der Waals surface area contributed by atoms with Crippen LogP contribution in [0.25, 0.3) is 22.1 Å². The van der Waals surface area contributed by atoms with Crippen LogP contribution in [0.4, 0.5) is 0 Å². The summed E-state index contributed by atoms with van der Waals surface area (Å²) in [6.07, 6.45) is 3.73. The molecule has 1 aliphatic heterocycles. The summed E-state index contributed by atoms with van der Waals surface area (Å²) >= 11 is 0. The number of rotatable bonds is 2. The maximum atomic E-state index is 12.5. The van der Waals surface area contributed by atoms with E-state index in [1.54, 1.807) is 12.4 Å². The molecule has 0 bridgehead atoms. The summed E-state index contributed by atoms with van der Waals surface area (Å²) in [6.45, 7) is 1.94. The number of aromatic nitrogens is 1. The Labute approximate surface area is 166 Å². The number of benzene rings is 2. The molecule has 3 heterocycles. The normalized spacial score (nSPS) is 15.8. The summed E-state index contributed by atoms with van der Waals surface area (Å²) in [5.74, 6) is -0.0175. The van der Waals surface area contributed by atoms with Crippen molar-refractivity contribution >= 4 is 16.9 Å². The van der Waals surface area contributed by atoms with Crippen LogP contribution in [0.3, 0.4) is 0 Å². The Morgan fingerprint density at radius 2 is 1.86 bits per heavy atom. The summed E-state index contributed by atoms with van der Waals surface area (Å²) in [6, 6.07) is 16.7. The van der Waals surface area contributed by atoms with Gasteiger partial charge in [0.05, 0.1) is 11.8 Å². The number of fused-ring (bicyclic) bond motifs is 3. The number of esters is 1. The van der Waals surface area contributed by atoms with Gasteiger partial charge >= 0.3 is 11.6 Å². The molecule has 0 aliphatic carbocycles. The fourth-order valence-corrected chi connectivity index (χ4v) is 4.11. The van der Waals surface area contributed by atoms with Crippen molar-refractivity contribution in [3.8, 4) is 16.9 Å². The van der Waals surface area contributed by atoms with Crippen LogP contribution in [-0.4, -0.2) is 11.0 Å². The quantitative estimate of drug-likeness (QED) is 0.287. The van der Waals surface area contributed by atoms with Crippen LogP contribution >= 0.6 is 0 Å². The first kappa shape index (κ1) is 17.4. The molecule has 1 atom stereocenters. The maximum Gasteiger partial charge on any atom is 0.336 e. The fourth-order valence-electron chi connectivity index (χ4n) is 4.11. The molecule has 4 aromatic rings. The lowest BCUT2D eigenvalue weighted by molar-refractivity contribution is -0.135. The third-order valence-electron chi connectivity index (χ3n) is 5.34. The van der Waals surface area contributed by atoms with Crippen molar-refractivity contribution in [3.05, 3.63) is 94.1 Å². The molecule has 0 unspecified atom stereocenters.